The fourth-order valence-electron chi connectivity index (χ4n) is 3.07. The average molecular weight is 397 g/mol. The van der Waals surface area contributed by atoms with Crippen LogP contribution in [0.2, 0.25) is 0 Å². The van der Waals surface area contributed by atoms with Crippen LogP contribution in [0.3, 0.4) is 0 Å². The summed E-state index contributed by atoms with van der Waals surface area (Å²) in [5.41, 5.74) is 0. The van der Waals surface area contributed by atoms with Crippen molar-refractivity contribution in [2.45, 2.75) is 6.92 Å². The lowest BCUT2D eigenvalue weighted by Crippen LogP contribution is -3.00. The van der Waals surface area contributed by atoms with E-state index >= 15 is 0 Å². The zero-order valence-corrected chi connectivity index (χ0v) is 16.3. The van der Waals surface area contributed by atoms with E-state index in [0.717, 1.165) is 6.16 Å². The molecular weight excluding hydrogens is 375 g/mol. The van der Waals surface area contributed by atoms with E-state index in [9.17, 15) is 0 Å². The molecule has 0 fully saturated rings. The lowest BCUT2D eigenvalue weighted by molar-refractivity contribution is -0.00000450. The lowest BCUT2D eigenvalue weighted by atomic mass is 10.4. The first kappa shape index (κ1) is 18.6. The van der Waals surface area contributed by atoms with Gasteiger partial charge in [-0.15, -0.1) is 0 Å². The fourth-order valence-corrected chi connectivity index (χ4v) is 7.17. The third-order valence-corrected chi connectivity index (χ3v) is 8.50. The maximum Gasteiger partial charge on any atom is 0.115 e. The van der Waals surface area contributed by atoms with Gasteiger partial charge in [0.15, 0.2) is 0 Å². The van der Waals surface area contributed by atoms with E-state index in [2.05, 4.69) is 110 Å². The van der Waals surface area contributed by atoms with Gasteiger partial charge in [0.1, 0.15) is 23.2 Å². The molecule has 0 amide bonds. The summed E-state index contributed by atoms with van der Waals surface area (Å²) in [6.07, 6.45) is 5.55. The summed E-state index contributed by atoms with van der Waals surface area (Å²) in [6, 6.07) is 33.0. The molecule has 3 aromatic rings. The Morgan fingerprint density at radius 3 is 1.25 bits per heavy atom. The Balaban J connectivity index is 0.00000208. The van der Waals surface area contributed by atoms with Crippen LogP contribution >= 0.6 is 7.26 Å². The molecule has 122 valence electrons. The van der Waals surface area contributed by atoms with Gasteiger partial charge < -0.3 is 17.0 Å². The van der Waals surface area contributed by atoms with Crippen LogP contribution in [0.4, 0.5) is 0 Å². The molecule has 0 bridgehead atoms. The van der Waals surface area contributed by atoms with Crippen LogP contribution in [0.5, 0.6) is 0 Å². The molecule has 0 atom stereocenters. The Morgan fingerprint density at radius 2 is 0.958 bits per heavy atom. The number of hydrogen-bond acceptors (Lipinski definition) is 0. The van der Waals surface area contributed by atoms with Gasteiger partial charge >= 0.3 is 0 Å². The molecule has 2 heteroatoms. The number of benzene rings is 3. The zero-order chi connectivity index (χ0) is 16.0. The van der Waals surface area contributed by atoms with Crippen molar-refractivity contribution < 1.29 is 17.0 Å². The maximum absolute atomic E-state index is 2.32. The normalized spacial score (nSPS) is 11.2. The first-order valence-electron chi connectivity index (χ1n) is 8.04. The van der Waals surface area contributed by atoms with Crippen molar-refractivity contribution in [1.29, 1.82) is 0 Å². The summed E-state index contributed by atoms with van der Waals surface area (Å²) in [5, 5.41) is 4.32. The zero-order valence-electron chi connectivity index (χ0n) is 13.8. The highest BCUT2D eigenvalue weighted by Crippen LogP contribution is 2.55. The molecule has 0 heterocycles. The van der Waals surface area contributed by atoms with Gasteiger partial charge in [0.2, 0.25) is 0 Å². The second-order valence-corrected chi connectivity index (χ2v) is 9.10. The summed E-state index contributed by atoms with van der Waals surface area (Å²) in [5.74, 6) is 0. The van der Waals surface area contributed by atoms with Gasteiger partial charge in [0.05, 0.1) is 6.16 Å². The molecule has 0 saturated carbocycles. The highest BCUT2D eigenvalue weighted by molar-refractivity contribution is 7.95. The maximum atomic E-state index is 2.32. The topological polar surface area (TPSA) is 0 Å². The minimum absolute atomic E-state index is 0. The Labute approximate surface area is 156 Å². The van der Waals surface area contributed by atoms with Crippen LogP contribution in [0.25, 0.3) is 0 Å². The summed E-state index contributed by atoms with van der Waals surface area (Å²) in [6.45, 7) is 2.11. The van der Waals surface area contributed by atoms with Crippen LogP contribution in [-0.2, 0) is 0 Å². The Bertz CT molecular complexity index is 655. The minimum atomic E-state index is -1.66. The number of allylic oxidation sites excluding steroid dienone is 2. The second-order valence-electron chi connectivity index (χ2n) is 5.57. The van der Waals surface area contributed by atoms with Crippen LogP contribution in [-0.4, -0.2) is 6.16 Å². The average Bonchev–Trinajstić information content (AvgIpc) is 2.65. The molecule has 0 unspecified atom stereocenters. The van der Waals surface area contributed by atoms with Crippen LogP contribution < -0.4 is 32.9 Å². The number of halogens is 1. The molecule has 0 aliphatic rings. The van der Waals surface area contributed by atoms with Crippen molar-refractivity contribution in [3.05, 3.63) is 103 Å². The Hall–Kier alpha value is -1.69. The van der Waals surface area contributed by atoms with E-state index < -0.39 is 7.26 Å². The molecule has 0 radical (unpaired) electrons. The van der Waals surface area contributed by atoms with Crippen molar-refractivity contribution in [2.24, 2.45) is 0 Å². The lowest BCUT2D eigenvalue weighted by Gasteiger charge is -2.26. The smallest absolute Gasteiger partial charge is 0.115 e. The van der Waals surface area contributed by atoms with E-state index in [1.807, 2.05) is 0 Å². The summed E-state index contributed by atoms with van der Waals surface area (Å²) >= 11 is 0. The molecule has 0 spiro atoms. The van der Waals surface area contributed by atoms with E-state index in [4.69, 9.17) is 0 Å². The molecule has 0 aromatic heterocycles. The number of hydrogen-bond donors (Lipinski definition) is 0. The van der Waals surface area contributed by atoms with Crippen molar-refractivity contribution in [2.75, 3.05) is 6.16 Å². The molecule has 0 aliphatic heterocycles. The van der Waals surface area contributed by atoms with Gasteiger partial charge in [-0.2, -0.15) is 0 Å². The predicted octanol–water partition coefficient (Wildman–Crippen LogP) is 1.56. The minimum Gasteiger partial charge on any atom is -1.00 e. The Morgan fingerprint density at radius 1 is 0.625 bits per heavy atom. The highest BCUT2D eigenvalue weighted by atomic mass is 79.9. The van der Waals surface area contributed by atoms with E-state index in [1.54, 1.807) is 0 Å². The number of rotatable bonds is 5. The molecule has 0 N–H and O–H groups in total. The van der Waals surface area contributed by atoms with Crippen LogP contribution in [0.15, 0.2) is 103 Å². The molecule has 0 aliphatic carbocycles. The highest BCUT2D eigenvalue weighted by Gasteiger charge is 2.43. The van der Waals surface area contributed by atoms with Gasteiger partial charge in [0, 0.05) is 0 Å². The van der Waals surface area contributed by atoms with E-state index in [-0.39, 0.29) is 17.0 Å². The van der Waals surface area contributed by atoms with Gasteiger partial charge in [0.25, 0.3) is 0 Å². The molecular formula is C22H22BrP. The SMILES string of the molecule is CC=CC[P+](c1ccccc1)(c1ccccc1)c1ccccc1.[Br-]. The van der Waals surface area contributed by atoms with E-state index in [1.165, 1.54) is 15.9 Å². The van der Waals surface area contributed by atoms with Crippen molar-refractivity contribution in [3.63, 3.8) is 0 Å². The molecule has 0 nitrogen and oxygen atoms in total. The van der Waals surface area contributed by atoms with Gasteiger partial charge in [-0.05, 0) is 43.3 Å². The fraction of sp³-hybridized carbons (Fsp3) is 0.0909. The van der Waals surface area contributed by atoms with E-state index in [0.29, 0.717) is 0 Å². The quantitative estimate of drug-likeness (QED) is 0.453. The first-order valence-corrected chi connectivity index (χ1v) is 10.0. The van der Waals surface area contributed by atoms with Crippen molar-refractivity contribution in [1.82, 2.24) is 0 Å². The first-order chi connectivity index (χ1) is 11.4. The van der Waals surface area contributed by atoms with Crippen LogP contribution in [0, 0.1) is 0 Å². The predicted molar refractivity (Wildman–Crippen MR) is 105 cm³/mol. The third kappa shape index (κ3) is 3.69. The molecule has 24 heavy (non-hydrogen) atoms. The largest absolute Gasteiger partial charge is 1.00 e. The van der Waals surface area contributed by atoms with Crippen LogP contribution in [0.1, 0.15) is 6.92 Å². The molecule has 3 aromatic carbocycles. The molecule has 3 rings (SSSR count). The summed E-state index contributed by atoms with van der Waals surface area (Å²) < 4.78 is 0. The molecule has 0 saturated heterocycles. The summed E-state index contributed by atoms with van der Waals surface area (Å²) in [7, 11) is -1.66. The monoisotopic (exact) mass is 396 g/mol. The van der Waals surface area contributed by atoms with Crippen molar-refractivity contribution >= 4 is 23.2 Å². The third-order valence-electron chi connectivity index (χ3n) is 4.21. The Kier molecular flexibility index (Phi) is 6.97. The second kappa shape index (κ2) is 8.97. The van der Waals surface area contributed by atoms with Gasteiger partial charge in [-0.25, -0.2) is 0 Å². The summed E-state index contributed by atoms with van der Waals surface area (Å²) in [4.78, 5) is 0. The van der Waals surface area contributed by atoms with Gasteiger partial charge in [-0.3, -0.25) is 0 Å². The van der Waals surface area contributed by atoms with Crippen molar-refractivity contribution in [3.8, 4) is 0 Å². The van der Waals surface area contributed by atoms with Gasteiger partial charge in [-0.1, -0.05) is 66.7 Å². The standard InChI is InChI=1S/C22H22P.BrH/c1-2-3-19-23(20-13-7-4-8-14-20,21-15-9-5-10-16-21)22-17-11-6-12-18-22;/h2-18H,19H2,1H3;1H/q+1;/p-1.